The first-order valence-electron chi connectivity index (χ1n) is 7.40. The van der Waals surface area contributed by atoms with Crippen LogP contribution >= 0.6 is 0 Å². The van der Waals surface area contributed by atoms with Crippen LogP contribution in [0.25, 0.3) is 0 Å². The number of rotatable bonds is 7. The van der Waals surface area contributed by atoms with Crippen molar-refractivity contribution < 1.29 is 13.9 Å². The maximum atomic E-state index is 12.8. The van der Waals surface area contributed by atoms with Crippen LogP contribution in [0, 0.1) is 5.82 Å². The normalized spacial score (nSPS) is 10.3. The van der Waals surface area contributed by atoms with E-state index in [-0.39, 0.29) is 18.1 Å². The molecular formula is C18H20FNO2. The standard InChI is InChI=1S/C18H20FNO2/c1-2-14-4-3-5-17(12-14)22-11-10-20-18(21)13-15-6-8-16(19)9-7-15/h3-9,12H,2,10-11,13H2,1H3,(H,20,21). The molecule has 3 nitrogen and oxygen atoms in total. The minimum atomic E-state index is -0.299. The molecule has 0 saturated heterocycles. The van der Waals surface area contributed by atoms with Gasteiger partial charge in [0.15, 0.2) is 0 Å². The monoisotopic (exact) mass is 301 g/mol. The fraction of sp³-hybridized carbons (Fsp3) is 0.278. The Morgan fingerprint density at radius 1 is 1.14 bits per heavy atom. The zero-order valence-corrected chi connectivity index (χ0v) is 12.6. The predicted octanol–water partition coefficient (Wildman–Crippen LogP) is 3.13. The first-order chi connectivity index (χ1) is 10.7. The zero-order chi connectivity index (χ0) is 15.8. The average molecular weight is 301 g/mol. The molecule has 0 saturated carbocycles. The number of ether oxygens (including phenoxy) is 1. The van der Waals surface area contributed by atoms with Crippen LogP contribution in [0.5, 0.6) is 5.75 Å². The second kappa shape index (κ2) is 8.17. The third-order valence-corrected chi connectivity index (χ3v) is 3.28. The molecule has 0 unspecified atom stereocenters. The molecule has 0 bridgehead atoms. The Kier molecular flexibility index (Phi) is 5.95. The molecule has 2 rings (SSSR count). The van der Waals surface area contributed by atoms with Crippen molar-refractivity contribution >= 4 is 5.91 Å². The van der Waals surface area contributed by atoms with E-state index in [4.69, 9.17) is 4.74 Å². The lowest BCUT2D eigenvalue weighted by Gasteiger charge is -2.09. The highest BCUT2D eigenvalue weighted by Crippen LogP contribution is 2.13. The fourth-order valence-corrected chi connectivity index (χ4v) is 2.06. The summed E-state index contributed by atoms with van der Waals surface area (Å²) in [6.45, 7) is 2.95. The van der Waals surface area contributed by atoms with Gasteiger partial charge in [0.1, 0.15) is 18.2 Å². The zero-order valence-electron chi connectivity index (χ0n) is 12.6. The molecule has 0 aromatic heterocycles. The second-order valence-electron chi connectivity index (χ2n) is 5.00. The van der Waals surface area contributed by atoms with Gasteiger partial charge in [-0.1, -0.05) is 31.2 Å². The van der Waals surface area contributed by atoms with Gasteiger partial charge in [0.25, 0.3) is 0 Å². The third kappa shape index (κ3) is 5.20. The summed E-state index contributed by atoms with van der Waals surface area (Å²) in [5, 5.41) is 2.79. The van der Waals surface area contributed by atoms with Crippen molar-refractivity contribution in [2.24, 2.45) is 0 Å². The summed E-state index contributed by atoms with van der Waals surface area (Å²) in [6.07, 6.45) is 1.21. The summed E-state index contributed by atoms with van der Waals surface area (Å²) < 4.78 is 18.4. The number of halogens is 1. The van der Waals surface area contributed by atoms with E-state index in [0.29, 0.717) is 13.2 Å². The number of nitrogens with one attached hydrogen (secondary N) is 1. The minimum absolute atomic E-state index is 0.0995. The molecule has 0 spiro atoms. The van der Waals surface area contributed by atoms with Crippen LogP contribution in [0.4, 0.5) is 4.39 Å². The molecule has 1 N–H and O–H groups in total. The lowest BCUT2D eigenvalue weighted by atomic mass is 10.1. The van der Waals surface area contributed by atoms with E-state index in [2.05, 4.69) is 18.3 Å². The maximum absolute atomic E-state index is 12.8. The van der Waals surface area contributed by atoms with Crippen molar-refractivity contribution in [2.75, 3.05) is 13.2 Å². The van der Waals surface area contributed by atoms with E-state index in [1.807, 2.05) is 18.2 Å². The molecule has 2 aromatic rings. The van der Waals surface area contributed by atoms with Gasteiger partial charge in [-0.2, -0.15) is 0 Å². The number of hydrogen-bond donors (Lipinski definition) is 1. The molecule has 0 fully saturated rings. The molecule has 0 aliphatic rings. The molecule has 22 heavy (non-hydrogen) atoms. The van der Waals surface area contributed by atoms with E-state index in [1.54, 1.807) is 12.1 Å². The number of aryl methyl sites for hydroxylation is 1. The number of hydrogen-bond acceptors (Lipinski definition) is 2. The van der Waals surface area contributed by atoms with Crippen LogP contribution in [0.2, 0.25) is 0 Å². The fourth-order valence-electron chi connectivity index (χ4n) is 2.06. The number of benzene rings is 2. The van der Waals surface area contributed by atoms with E-state index in [1.165, 1.54) is 17.7 Å². The van der Waals surface area contributed by atoms with Gasteiger partial charge in [-0.15, -0.1) is 0 Å². The first kappa shape index (κ1) is 16.0. The van der Waals surface area contributed by atoms with Crippen molar-refractivity contribution in [3.63, 3.8) is 0 Å². The quantitative estimate of drug-likeness (QED) is 0.798. The van der Waals surface area contributed by atoms with Gasteiger partial charge in [0.05, 0.1) is 13.0 Å². The van der Waals surface area contributed by atoms with Gasteiger partial charge in [-0.3, -0.25) is 4.79 Å². The van der Waals surface area contributed by atoms with Gasteiger partial charge >= 0.3 is 0 Å². The van der Waals surface area contributed by atoms with E-state index < -0.39 is 0 Å². The van der Waals surface area contributed by atoms with Crippen LogP contribution < -0.4 is 10.1 Å². The van der Waals surface area contributed by atoms with Crippen molar-refractivity contribution in [1.82, 2.24) is 5.32 Å². The topological polar surface area (TPSA) is 38.3 Å². The Hall–Kier alpha value is -2.36. The van der Waals surface area contributed by atoms with Crippen molar-refractivity contribution in [3.05, 3.63) is 65.5 Å². The highest BCUT2D eigenvalue weighted by molar-refractivity contribution is 5.78. The summed E-state index contributed by atoms with van der Waals surface area (Å²) in [4.78, 5) is 11.7. The predicted molar refractivity (Wildman–Crippen MR) is 84.4 cm³/mol. The van der Waals surface area contributed by atoms with Gasteiger partial charge in [-0.05, 0) is 41.8 Å². The maximum Gasteiger partial charge on any atom is 0.224 e. The van der Waals surface area contributed by atoms with Gasteiger partial charge < -0.3 is 10.1 Å². The molecule has 0 heterocycles. The van der Waals surface area contributed by atoms with Gasteiger partial charge in [0, 0.05) is 0 Å². The third-order valence-electron chi connectivity index (χ3n) is 3.28. The lowest BCUT2D eigenvalue weighted by molar-refractivity contribution is -0.120. The molecule has 0 aliphatic heterocycles. The number of carbonyl (C=O) groups excluding carboxylic acids is 1. The minimum Gasteiger partial charge on any atom is -0.492 e. The van der Waals surface area contributed by atoms with Crippen LogP contribution in [-0.2, 0) is 17.6 Å². The van der Waals surface area contributed by atoms with E-state index >= 15 is 0 Å². The smallest absolute Gasteiger partial charge is 0.224 e. The highest BCUT2D eigenvalue weighted by Gasteiger charge is 2.03. The van der Waals surface area contributed by atoms with Crippen LogP contribution in [0.15, 0.2) is 48.5 Å². The van der Waals surface area contributed by atoms with Crippen LogP contribution in [0.1, 0.15) is 18.1 Å². The summed E-state index contributed by atoms with van der Waals surface area (Å²) in [7, 11) is 0. The Morgan fingerprint density at radius 2 is 1.91 bits per heavy atom. The molecule has 0 atom stereocenters. The van der Waals surface area contributed by atoms with Crippen molar-refractivity contribution in [1.29, 1.82) is 0 Å². The molecule has 116 valence electrons. The second-order valence-corrected chi connectivity index (χ2v) is 5.00. The van der Waals surface area contributed by atoms with Crippen LogP contribution in [0.3, 0.4) is 0 Å². The van der Waals surface area contributed by atoms with Crippen molar-refractivity contribution in [2.45, 2.75) is 19.8 Å². The number of amides is 1. The molecule has 0 aliphatic carbocycles. The molecule has 0 radical (unpaired) electrons. The Balaban J connectivity index is 1.69. The summed E-state index contributed by atoms with van der Waals surface area (Å²) >= 11 is 0. The van der Waals surface area contributed by atoms with Gasteiger partial charge in [-0.25, -0.2) is 4.39 Å². The number of carbonyl (C=O) groups is 1. The van der Waals surface area contributed by atoms with E-state index in [0.717, 1.165) is 17.7 Å². The van der Waals surface area contributed by atoms with Gasteiger partial charge in [0.2, 0.25) is 5.91 Å². The van der Waals surface area contributed by atoms with E-state index in [9.17, 15) is 9.18 Å². The Labute approximate surface area is 130 Å². The summed E-state index contributed by atoms with van der Waals surface area (Å²) in [6, 6.07) is 13.8. The largest absolute Gasteiger partial charge is 0.492 e. The SMILES string of the molecule is CCc1cccc(OCCNC(=O)Cc2ccc(F)cc2)c1. The Bertz CT molecular complexity index is 611. The summed E-state index contributed by atoms with van der Waals surface area (Å²) in [5.41, 5.74) is 2.01. The molecule has 1 amide bonds. The lowest BCUT2D eigenvalue weighted by Crippen LogP contribution is -2.29. The average Bonchev–Trinajstić information content (AvgIpc) is 2.54. The molecule has 2 aromatic carbocycles. The molecule has 4 heteroatoms. The van der Waals surface area contributed by atoms with Crippen LogP contribution in [-0.4, -0.2) is 19.1 Å². The first-order valence-corrected chi connectivity index (χ1v) is 7.40. The summed E-state index contributed by atoms with van der Waals surface area (Å²) in [5.74, 6) is 0.413. The highest BCUT2D eigenvalue weighted by atomic mass is 19.1. The van der Waals surface area contributed by atoms with Crippen molar-refractivity contribution in [3.8, 4) is 5.75 Å². The molecular weight excluding hydrogens is 281 g/mol. The Morgan fingerprint density at radius 3 is 2.64 bits per heavy atom.